The maximum absolute atomic E-state index is 12.9. The quantitative estimate of drug-likeness (QED) is 0.646. The number of anilines is 2. The first-order chi connectivity index (χ1) is 16.9. The van der Waals surface area contributed by atoms with Gasteiger partial charge in [-0.3, -0.25) is 4.79 Å². The number of hydrogen-bond donors (Lipinski definition) is 2. The Morgan fingerprint density at radius 2 is 2.06 bits per heavy atom. The van der Waals surface area contributed by atoms with Crippen molar-refractivity contribution in [1.29, 1.82) is 0 Å². The molecule has 3 aliphatic rings. The van der Waals surface area contributed by atoms with Crippen LogP contribution in [0.3, 0.4) is 0 Å². The standard InChI is InChI=1S/C26H35N5O4/c1-26(2,33)20-5-3-4-19(12-20)24-28-14-22-25(29-24)31-8-11-35-17-21(31)15-30(22)16-23(32)27-13-18-6-9-34-10-7-18/h3-5,12,14,18,21,33H,6-11,13,15-17H2,1-2H3,(H,27,32). The third-order valence-corrected chi connectivity index (χ3v) is 7.11. The van der Waals surface area contributed by atoms with Crippen LogP contribution in [-0.4, -0.2) is 79.6 Å². The summed E-state index contributed by atoms with van der Waals surface area (Å²) in [4.78, 5) is 26.8. The van der Waals surface area contributed by atoms with Crippen LogP contribution in [0.1, 0.15) is 32.3 Å². The fourth-order valence-corrected chi connectivity index (χ4v) is 5.00. The monoisotopic (exact) mass is 481 g/mol. The highest BCUT2D eigenvalue weighted by atomic mass is 16.5. The van der Waals surface area contributed by atoms with Crippen molar-refractivity contribution in [2.75, 3.05) is 62.4 Å². The Morgan fingerprint density at radius 1 is 1.23 bits per heavy atom. The number of aromatic nitrogens is 2. The molecular formula is C26H35N5O4. The number of carbonyl (C=O) groups is 1. The highest BCUT2D eigenvalue weighted by Crippen LogP contribution is 2.36. The van der Waals surface area contributed by atoms with E-state index in [-0.39, 0.29) is 18.5 Å². The summed E-state index contributed by atoms with van der Waals surface area (Å²) >= 11 is 0. The minimum Gasteiger partial charge on any atom is -0.386 e. The van der Waals surface area contributed by atoms with Crippen LogP contribution in [0.5, 0.6) is 0 Å². The van der Waals surface area contributed by atoms with Gasteiger partial charge in [-0.05, 0) is 44.2 Å². The van der Waals surface area contributed by atoms with Gasteiger partial charge in [-0.25, -0.2) is 9.97 Å². The Hall–Kier alpha value is -2.75. The van der Waals surface area contributed by atoms with Crippen LogP contribution in [0.2, 0.25) is 0 Å². The van der Waals surface area contributed by atoms with E-state index in [9.17, 15) is 9.90 Å². The SMILES string of the molecule is CC(C)(O)c1cccc(-c2ncc3c(n2)N2CCOCC2CN3CC(=O)NCC2CCOCC2)c1. The van der Waals surface area contributed by atoms with Crippen LogP contribution < -0.4 is 15.1 Å². The van der Waals surface area contributed by atoms with Crippen molar-refractivity contribution in [3.8, 4) is 11.4 Å². The molecule has 3 aliphatic heterocycles. The summed E-state index contributed by atoms with van der Waals surface area (Å²) in [6, 6.07) is 7.84. The fraction of sp³-hybridized carbons (Fsp3) is 0.577. The Kier molecular flexibility index (Phi) is 6.91. The number of amides is 1. The summed E-state index contributed by atoms with van der Waals surface area (Å²) < 4.78 is 11.2. The average Bonchev–Trinajstić information content (AvgIpc) is 2.87. The summed E-state index contributed by atoms with van der Waals surface area (Å²) in [7, 11) is 0. The molecule has 2 aromatic rings. The van der Waals surface area contributed by atoms with Crippen molar-refractivity contribution in [1.82, 2.24) is 15.3 Å². The molecule has 188 valence electrons. The van der Waals surface area contributed by atoms with Gasteiger partial charge in [0.1, 0.15) is 0 Å². The number of nitrogens with zero attached hydrogens (tertiary/aromatic N) is 4. The summed E-state index contributed by atoms with van der Waals surface area (Å²) in [5.41, 5.74) is 1.58. The average molecular weight is 482 g/mol. The Morgan fingerprint density at radius 3 is 2.86 bits per heavy atom. The van der Waals surface area contributed by atoms with Crippen molar-refractivity contribution in [2.24, 2.45) is 5.92 Å². The lowest BCUT2D eigenvalue weighted by molar-refractivity contribution is -0.120. The van der Waals surface area contributed by atoms with Crippen molar-refractivity contribution >= 4 is 17.4 Å². The minimum absolute atomic E-state index is 0.00887. The Bertz CT molecular complexity index is 1050. The van der Waals surface area contributed by atoms with Gasteiger partial charge in [0.25, 0.3) is 0 Å². The van der Waals surface area contributed by atoms with Crippen molar-refractivity contribution in [3.05, 3.63) is 36.0 Å². The van der Waals surface area contributed by atoms with E-state index in [1.54, 1.807) is 13.8 Å². The molecule has 1 unspecified atom stereocenters. The zero-order valence-electron chi connectivity index (χ0n) is 20.6. The molecule has 1 atom stereocenters. The predicted molar refractivity (Wildman–Crippen MR) is 133 cm³/mol. The molecule has 4 heterocycles. The molecule has 0 radical (unpaired) electrons. The zero-order chi connectivity index (χ0) is 24.4. The lowest BCUT2D eigenvalue weighted by Gasteiger charge is -2.45. The Labute approximate surface area is 206 Å². The topological polar surface area (TPSA) is 100 Å². The third kappa shape index (κ3) is 5.42. The number of rotatable bonds is 6. The van der Waals surface area contributed by atoms with Gasteiger partial charge in [0.15, 0.2) is 11.6 Å². The van der Waals surface area contributed by atoms with E-state index >= 15 is 0 Å². The largest absolute Gasteiger partial charge is 0.386 e. The second-order valence-corrected chi connectivity index (χ2v) is 10.2. The summed E-state index contributed by atoms with van der Waals surface area (Å²) in [6.45, 7) is 8.72. The summed E-state index contributed by atoms with van der Waals surface area (Å²) in [5, 5.41) is 13.6. The van der Waals surface area contributed by atoms with E-state index in [2.05, 4.69) is 20.1 Å². The Balaban J connectivity index is 1.38. The molecule has 0 spiro atoms. The normalized spacial score (nSPS) is 20.8. The molecule has 1 aromatic heterocycles. The van der Waals surface area contributed by atoms with Gasteiger partial charge in [0.2, 0.25) is 5.91 Å². The van der Waals surface area contributed by atoms with Crippen LogP contribution in [0.15, 0.2) is 30.5 Å². The molecule has 0 bridgehead atoms. The smallest absolute Gasteiger partial charge is 0.239 e. The number of nitrogens with one attached hydrogen (secondary N) is 1. The van der Waals surface area contributed by atoms with E-state index in [4.69, 9.17) is 14.5 Å². The molecule has 9 nitrogen and oxygen atoms in total. The number of ether oxygens (including phenoxy) is 2. The first kappa shape index (κ1) is 24.0. The van der Waals surface area contributed by atoms with Crippen molar-refractivity contribution in [2.45, 2.75) is 38.3 Å². The molecule has 5 rings (SSSR count). The number of carbonyl (C=O) groups excluding carboxylic acids is 1. The van der Waals surface area contributed by atoms with E-state index in [0.717, 1.165) is 55.2 Å². The highest BCUT2D eigenvalue weighted by molar-refractivity contribution is 5.84. The molecule has 1 aromatic carbocycles. The third-order valence-electron chi connectivity index (χ3n) is 7.11. The van der Waals surface area contributed by atoms with Gasteiger partial charge in [0, 0.05) is 38.4 Å². The van der Waals surface area contributed by atoms with Crippen molar-refractivity contribution < 1.29 is 19.4 Å². The van der Waals surface area contributed by atoms with Crippen molar-refractivity contribution in [3.63, 3.8) is 0 Å². The van der Waals surface area contributed by atoms with Crippen LogP contribution in [0, 0.1) is 5.92 Å². The predicted octanol–water partition coefficient (Wildman–Crippen LogP) is 1.94. The number of aliphatic hydroxyl groups is 1. The molecular weight excluding hydrogens is 446 g/mol. The molecule has 2 N–H and O–H groups in total. The molecule has 0 saturated carbocycles. The van der Waals surface area contributed by atoms with Crippen LogP contribution in [0.25, 0.3) is 11.4 Å². The lowest BCUT2D eigenvalue weighted by Crippen LogP contribution is -2.57. The molecule has 2 saturated heterocycles. The first-order valence-corrected chi connectivity index (χ1v) is 12.5. The first-order valence-electron chi connectivity index (χ1n) is 12.5. The van der Waals surface area contributed by atoms with Gasteiger partial charge in [-0.15, -0.1) is 0 Å². The van der Waals surface area contributed by atoms with E-state index < -0.39 is 5.60 Å². The van der Waals surface area contributed by atoms with Gasteiger partial charge < -0.3 is 29.7 Å². The van der Waals surface area contributed by atoms with Gasteiger partial charge >= 0.3 is 0 Å². The van der Waals surface area contributed by atoms with Crippen LogP contribution >= 0.6 is 0 Å². The number of fused-ring (bicyclic) bond motifs is 3. The number of benzene rings is 1. The fourth-order valence-electron chi connectivity index (χ4n) is 5.00. The zero-order valence-corrected chi connectivity index (χ0v) is 20.6. The van der Waals surface area contributed by atoms with Gasteiger partial charge in [-0.2, -0.15) is 0 Å². The maximum atomic E-state index is 12.9. The van der Waals surface area contributed by atoms with E-state index in [1.165, 1.54) is 0 Å². The number of hydrogen-bond acceptors (Lipinski definition) is 8. The lowest BCUT2D eigenvalue weighted by atomic mass is 9.96. The van der Waals surface area contributed by atoms with E-state index in [1.807, 2.05) is 30.5 Å². The van der Waals surface area contributed by atoms with E-state index in [0.29, 0.717) is 38.0 Å². The summed E-state index contributed by atoms with van der Waals surface area (Å²) in [6.07, 6.45) is 3.81. The summed E-state index contributed by atoms with van der Waals surface area (Å²) in [5.74, 6) is 1.93. The molecule has 0 aliphatic carbocycles. The maximum Gasteiger partial charge on any atom is 0.239 e. The highest BCUT2D eigenvalue weighted by Gasteiger charge is 2.35. The minimum atomic E-state index is -0.950. The van der Waals surface area contributed by atoms with Crippen LogP contribution in [0.4, 0.5) is 11.5 Å². The molecule has 1 amide bonds. The van der Waals surface area contributed by atoms with Crippen LogP contribution in [-0.2, 0) is 19.9 Å². The molecule has 9 heteroatoms. The number of morpholine rings is 1. The van der Waals surface area contributed by atoms with Gasteiger partial charge in [-0.1, -0.05) is 18.2 Å². The molecule has 35 heavy (non-hydrogen) atoms. The second kappa shape index (κ2) is 10.1. The molecule has 2 fully saturated rings. The van der Waals surface area contributed by atoms with Gasteiger partial charge in [0.05, 0.1) is 43.3 Å². The second-order valence-electron chi connectivity index (χ2n) is 10.2.